The standard InChI is InChI=1S/C33H24F2N4O5S/c1-36-33(41)30-22-14-21(26(38(2)45(3,42)43)16-28(22)44-32(30)17-7-10-19(34)11-8-17)24-12-9-18-13-29(40)39-25-6-4-5-23(35)20(25)15-27(39)31(18)37-24/h4-12,14-16H,13H2,1-3H3,(H,36,41). The van der Waals surface area contributed by atoms with Crippen molar-refractivity contribution in [2.24, 2.45) is 0 Å². The molecule has 0 spiro atoms. The van der Waals surface area contributed by atoms with E-state index in [1.165, 1.54) is 61.1 Å². The van der Waals surface area contributed by atoms with E-state index in [2.05, 4.69) is 5.32 Å². The highest BCUT2D eigenvalue weighted by Gasteiger charge is 2.30. The summed E-state index contributed by atoms with van der Waals surface area (Å²) < 4.78 is 62.7. The molecule has 0 aliphatic carbocycles. The van der Waals surface area contributed by atoms with Gasteiger partial charge in [-0.05, 0) is 60.2 Å². The van der Waals surface area contributed by atoms with Gasteiger partial charge in [0, 0.05) is 42.1 Å². The molecule has 1 aliphatic heterocycles. The van der Waals surface area contributed by atoms with Crippen molar-refractivity contribution in [2.45, 2.75) is 6.42 Å². The van der Waals surface area contributed by atoms with Gasteiger partial charge in [-0.2, -0.15) is 0 Å². The molecule has 1 aliphatic rings. The molecule has 45 heavy (non-hydrogen) atoms. The first-order chi connectivity index (χ1) is 21.5. The van der Waals surface area contributed by atoms with Crippen molar-refractivity contribution in [1.82, 2.24) is 14.9 Å². The Morgan fingerprint density at radius 2 is 1.78 bits per heavy atom. The van der Waals surface area contributed by atoms with Gasteiger partial charge in [-0.1, -0.05) is 12.1 Å². The van der Waals surface area contributed by atoms with Crippen LogP contribution in [0.2, 0.25) is 0 Å². The summed E-state index contributed by atoms with van der Waals surface area (Å²) in [7, 11) is -0.920. The van der Waals surface area contributed by atoms with Crippen LogP contribution in [0, 0.1) is 11.6 Å². The van der Waals surface area contributed by atoms with Gasteiger partial charge in [-0.3, -0.25) is 18.5 Å². The molecule has 3 aromatic heterocycles. The fourth-order valence-electron chi connectivity index (χ4n) is 5.81. The molecular weight excluding hydrogens is 602 g/mol. The average molecular weight is 627 g/mol. The van der Waals surface area contributed by atoms with Gasteiger partial charge >= 0.3 is 0 Å². The molecule has 226 valence electrons. The molecule has 6 aromatic rings. The number of pyridine rings is 1. The zero-order valence-corrected chi connectivity index (χ0v) is 25.0. The van der Waals surface area contributed by atoms with Gasteiger partial charge in [0.05, 0.1) is 46.5 Å². The first-order valence-electron chi connectivity index (χ1n) is 13.8. The number of carbonyl (C=O) groups is 2. The Morgan fingerprint density at radius 1 is 1.02 bits per heavy atom. The molecule has 1 amide bonds. The van der Waals surface area contributed by atoms with Gasteiger partial charge in [0.25, 0.3) is 5.91 Å². The third-order valence-corrected chi connectivity index (χ3v) is 9.28. The lowest BCUT2D eigenvalue weighted by atomic mass is 9.98. The van der Waals surface area contributed by atoms with Crippen molar-refractivity contribution in [1.29, 1.82) is 0 Å². The lowest BCUT2D eigenvalue weighted by molar-refractivity contribution is 0.0916. The average Bonchev–Trinajstić information content (AvgIpc) is 3.60. The fourth-order valence-corrected chi connectivity index (χ4v) is 6.32. The first-order valence-corrected chi connectivity index (χ1v) is 15.7. The SMILES string of the molecule is CNC(=O)c1c(-c2ccc(F)cc2)oc2cc(N(C)S(C)(=O)=O)c(-c3ccc4c(n3)-c3cc5c(F)cccc5n3C(=O)C4)cc12. The second-order valence-electron chi connectivity index (χ2n) is 10.8. The number of nitrogens with zero attached hydrogens (tertiary/aromatic N) is 3. The van der Waals surface area contributed by atoms with Crippen molar-refractivity contribution < 1.29 is 31.2 Å². The lowest BCUT2D eigenvalue weighted by Crippen LogP contribution is -2.25. The van der Waals surface area contributed by atoms with E-state index < -0.39 is 27.6 Å². The minimum absolute atomic E-state index is 0.0363. The van der Waals surface area contributed by atoms with Crippen LogP contribution >= 0.6 is 0 Å². The summed E-state index contributed by atoms with van der Waals surface area (Å²) >= 11 is 0. The molecule has 1 N–H and O–H groups in total. The molecule has 0 saturated heterocycles. The summed E-state index contributed by atoms with van der Waals surface area (Å²) in [6, 6.07) is 18.1. The highest BCUT2D eigenvalue weighted by Crippen LogP contribution is 2.42. The van der Waals surface area contributed by atoms with Gasteiger partial charge in [0.15, 0.2) is 0 Å². The van der Waals surface area contributed by atoms with Crippen molar-refractivity contribution >= 4 is 49.4 Å². The van der Waals surface area contributed by atoms with E-state index in [0.29, 0.717) is 44.7 Å². The monoisotopic (exact) mass is 626 g/mol. The molecule has 4 heterocycles. The molecule has 9 nitrogen and oxygen atoms in total. The van der Waals surface area contributed by atoms with Crippen LogP contribution in [0.4, 0.5) is 14.5 Å². The van der Waals surface area contributed by atoms with Crippen LogP contribution in [-0.4, -0.2) is 50.1 Å². The van der Waals surface area contributed by atoms with E-state index in [1.54, 1.807) is 30.3 Å². The summed E-state index contributed by atoms with van der Waals surface area (Å²) in [5.74, 6) is -1.45. The fraction of sp³-hybridized carbons (Fsp3) is 0.121. The zero-order valence-electron chi connectivity index (χ0n) is 24.2. The van der Waals surface area contributed by atoms with Gasteiger partial charge in [0.1, 0.15) is 23.0 Å². The van der Waals surface area contributed by atoms with Crippen molar-refractivity contribution in [2.75, 3.05) is 24.7 Å². The number of anilines is 1. The number of hydrogen-bond donors (Lipinski definition) is 1. The van der Waals surface area contributed by atoms with Crippen LogP contribution in [0.15, 0.2) is 77.2 Å². The maximum atomic E-state index is 14.7. The smallest absolute Gasteiger partial charge is 0.255 e. The molecule has 7 rings (SSSR count). The van der Waals surface area contributed by atoms with Crippen molar-refractivity contribution in [3.05, 3.63) is 95.6 Å². The number of aromatic nitrogens is 2. The Hall–Kier alpha value is -5.36. The maximum Gasteiger partial charge on any atom is 0.255 e. The summed E-state index contributed by atoms with van der Waals surface area (Å²) in [5, 5.41) is 3.27. The topological polar surface area (TPSA) is 115 Å². The van der Waals surface area contributed by atoms with Crippen LogP contribution in [0.25, 0.3) is 55.8 Å². The zero-order chi connectivity index (χ0) is 31.8. The minimum Gasteiger partial charge on any atom is -0.455 e. The second kappa shape index (κ2) is 10.1. The normalized spacial score (nSPS) is 12.8. The molecular formula is C33H24F2N4O5S. The number of amides is 1. The van der Waals surface area contributed by atoms with Crippen molar-refractivity contribution in [3.63, 3.8) is 0 Å². The summed E-state index contributed by atoms with van der Waals surface area (Å²) in [4.78, 5) is 31.2. The molecule has 12 heteroatoms. The van der Waals surface area contributed by atoms with Crippen molar-refractivity contribution in [3.8, 4) is 34.0 Å². The van der Waals surface area contributed by atoms with Crippen LogP contribution in [0.5, 0.6) is 0 Å². The Bertz CT molecular complexity index is 2340. The van der Waals surface area contributed by atoms with E-state index >= 15 is 0 Å². The second-order valence-corrected chi connectivity index (χ2v) is 12.8. The Balaban J connectivity index is 1.51. The van der Waals surface area contributed by atoms with E-state index in [9.17, 15) is 26.8 Å². The van der Waals surface area contributed by atoms with E-state index in [1.807, 2.05) is 0 Å². The molecule has 0 saturated carbocycles. The van der Waals surface area contributed by atoms with E-state index in [0.717, 1.165) is 10.6 Å². The number of furan rings is 1. The molecule has 0 unspecified atom stereocenters. The van der Waals surface area contributed by atoms with Gasteiger partial charge in [-0.15, -0.1) is 0 Å². The quantitative estimate of drug-likeness (QED) is 0.251. The summed E-state index contributed by atoms with van der Waals surface area (Å²) in [6.07, 6.45) is 1.09. The number of sulfonamides is 1. The largest absolute Gasteiger partial charge is 0.455 e. The molecule has 0 fully saturated rings. The number of fused-ring (bicyclic) bond motifs is 6. The molecule has 0 radical (unpaired) electrons. The van der Waals surface area contributed by atoms with Crippen LogP contribution in [0.3, 0.4) is 0 Å². The van der Waals surface area contributed by atoms with Gasteiger partial charge in [-0.25, -0.2) is 22.2 Å². The Labute approximate surface area is 255 Å². The maximum absolute atomic E-state index is 14.7. The number of carbonyl (C=O) groups excluding carboxylic acids is 2. The highest BCUT2D eigenvalue weighted by molar-refractivity contribution is 7.92. The Morgan fingerprint density at radius 3 is 2.49 bits per heavy atom. The van der Waals surface area contributed by atoms with Crippen LogP contribution < -0.4 is 9.62 Å². The van der Waals surface area contributed by atoms with Crippen LogP contribution in [-0.2, 0) is 16.4 Å². The molecule has 0 atom stereocenters. The third kappa shape index (κ3) is 4.48. The predicted molar refractivity (Wildman–Crippen MR) is 167 cm³/mol. The first kappa shape index (κ1) is 28.4. The minimum atomic E-state index is -3.78. The predicted octanol–water partition coefficient (Wildman–Crippen LogP) is 6.01. The number of rotatable bonds is 5. The third-order valence-electron chi connectivity index (χ3n) is 8.08. The number of nitrogens with one attached hydrogen (secondary N) is 1. The molecule has 3 aromatic carbocycles. The summed E-state index contributed by atoms with van der Waals surface area (Å²) in [6.45, 7) is 0. The van der Waals surface area contributed by atoms with E-state index in [4.69, 9.17) is 9.40 Å². The highest BCUT2D eigenvalue weighted by atomic mass is 32.2. The van der Waals surface area contributed by atoms with Gasteiger partial charge < -0.3 is 9.73 Å². The van der Waals surface area contributed by atoms with E-state index in [-0.39, 0.29) is 40.3 Å². The number of hydrogen-bond acceptors (Lipinski definition) is 6. The Kier molecular flexibility index (Phi) is 6.37. The number of halogens is 2. The van der Waals surface area contributed by atoms with Gasteiger partial charge in [0.2, 0.25) is 15.9 Å². The summed E-state index contributed by atoms with van der Waals surface area (Å²) in [5.41, 5.74) is 3.69. The molecule has 0 bridgehead atoms. The van der Waals surface area contributed by atoms with Crippen LogP contribution in [0.1, 0.15) is 20.7 Å². The lowest BCUT2D eigenvalue weighted by Gasteiger charge is -2.22. The number of benzene rings is 3.